The van der Waals surface area contributed by atoms with Gasteiger partial charge < -0.3 is 0 Å². The van der Waals surface area contributed by atoms with Crippen LogP contribution in [0.5, 0.6) is 0 Å². The van der Waals surface area contributed by atoms with Crippen LogP contribution in [-0.4, -0.2) is 22.6 Å². The van der Waals surface area contributed by atoms with Gasteiger partial charge in [-0.3, -0.25) is 0 Å². The molecule has 0 saturated heterocycles. The van der Waals surface area contributed by atoms with Crippen LogP contribution in [-0.2, 0) is 32.5 Å². The minimum atomic E-state index is -3.88. The summed E-state index contributed by atoms with van der Waals surface area (Å²) in [5.41, 5.74) is 2.17. The second-order valence-corrected chi connectivity index (χ2v) is 11.8. The Kier molecular flexibility index (Phi) is 9.51. The second-order valence-electron chi connectivity index (χ2n) is 7.84. The topological polar surface area (TPSA) is 68.3 Å². The molecule has 2 aromatic rings. The summed E-state index contributed by atoms with van der Waals surface area (Å²) in [7, 11) is -7.66. The number of benzene rings is 2. The summed E-state index contributed by atoms with van der Waals surface area (Å²) in [6.45, 7) is 6.03. The van der Waals surface area contributed by atoms with Crippen molar-refractivity contribution in [2.75, 3.05) is 5.75 Å². The molecule has 0 aliphatic rings. The van der Waals surface area contributed by atoms with E-state index in [9.17, 15) is 16.8 Å². The number of hydrogen-bond acceptors (Lipinski definition) is 4. The van der Waals surface area contributed by atoms with Crippen LogP contribution in [0, 0.1) is 0 Å². The van der Waals surface area contributed by atoms with E-state index < -0.39 is 25.4 Å². The van der Waals surface area contributed by atoms with Gasteiger partial charge in [0.1, 0.15) is 0 Å². The third-order valence-corrected chi connectivity index (χ3v) is 9.02. The first-order chi connectivity index (χ1) is 14.7. The third kappa shape index (κ3) is 7.04. The quantitative estimate of drug-likeness (QED) is 0.393. The fraction of sp³-hybridized carbons (Fsp3) is 0.440. The Morgan fingerprint density at radius 3 is 1.58 bits per heavy atom. The summed E-state index contributed by atoms with van der Waals surface area (Å²) >= 11 is 0. The van der Waals surface area contributed by atoms with E-state index in [1.165, 1.54) is 6.08 Å². The molecule has 0 heterocycles. The highest BCUT2D eigenvalue weighted by Gasteiger charge is 2.27. The van der Waals surface area contributed by atoms with Gasteiger partial charge in [-0.25, -0.2) is 16.8 Å². The van der Waals surface area contributed by atoms with Gasteiger partial charge in [-0.1, -0.05) is 64.0 Å². The van der Waals surface area contributed by atoms with Gasteiger partial charge in [0.05, 0.1) is 20.4 Å². The predicted molar refractivity (Wildman–Crippen MR) is 128 cm³/mol. The fourth-order valence-corrected chi connectivity index (χ4v) is 6.84. The van der Waals surface area contributed by atoms with Crippen molar-refractivity contribution in [2.24, 2.45) is 0 Å². The van der Waals surface area contributed by atoms with Crippen molar-refractivity contribution in [3.8, 4) is 0 Å². The molecule has 2 rings (SSSR count). The molecule has 0 spiro atoms. The average molecular weight is 463 g/mol. The lowest BCUT2D eigenvalue weighted by Crippen LogP contribution is -2.16. The van der Waals surface area contributed by atoms with Gasteiger partial charge in [-0.2, -0.15) is 0 Å². The van der Waals surface area contributed by atoms with Crippen LogP contribution in [0.1, 0.15) is 64.0 Å². The summed E-state index contributed by atoms with van der Waals surface area (Å²) in [5, 5.41) is 0. The molecule has 0 bridgehead atoms. The highest BCUT2D eigenvalue weighted by atomic mass is 32.2. The van der Waals surface area contributed by atoms with Crippen molar-refractivity contribution in [2.45, 2.75) is 75.5 Å². The Morgan fingerprint density at radius 1 is 0.710 bits per heavy atom. The van der Waals surface area contributed by atoms with Gasteiger partial charge in [-0.15, -0.1) is 0 Å². The SMILES string of the molecule is CC/C=C(\CS(=O)(=O)c1ccc(CCCC)cc1)S(=O)(=O)c1ccc(CCCC)cc1. The van der Waals surface area contributed by atoms with Crippen LogP contribution in [0.3, 0.4) is 0 Å². The molecule has 4 nitrogen and oxygen atoms in total. The van der Waals surface area contributed by atoms with Gasteiger partial charge in [0.2, 0.25) is 9.84 Å². The first-order valence-corrected chi connectivity index (χ1v) is 14.2. The number of rotatable bonds is 12. The van der Waals surface area contributed by atoms with E-state index in [1.54, 1.807) is 31.2 Å². The summed E-state index contributed by atoms with van der Waals surface area (Å²) in [4.78, 5) is 0.226. The molecular formula is C25H34O4S2. The molecular weight excluding hydrogens is 428 g/mol. The van der Waals surface area contributed by atoms with E-state index >= 15 is 0 Å². The Hall–Kier alpha value is -1.92. The standard InChI is InChI=1S/C25H34O4S2/c1-4-7-10-21-12-16-23(17-13-21)30(26,27)20-25(9-6-3)31(28,29)24-18-14-22(15-19-24)11-8-5-2/h9,12-19H,4-8,10-11,20H2,1-3H3/b25-9+. The van der Waals surface area contributed by atoms with Crippen molar-refractivity contribution in [1.29, 1.82) is 0 Å². The number of aryl methyl sites for hydroxylation is 2. The van der Waals surface area contributed by atoms with Gasteiger partial charge in [0.15, 0.2) is 9.84 Å². The minimum absolute atomic E-state index is 0.0635. The average Bonchev–Trinajstić information content (AvgIpc) is 2.76. The molecule has 0 aliphatic carbocycles. The Morgan fingerprint density at radius 2 is 1.16 bits per heavy atom. The maximum atomic E-state index is 13.2. The van der Waals surface area contributed by atoms with Crippen LogP contribution in [0.2, 0.25) is 0 Å². The van der Waals surface area contributed by atoms with Gasteiger partial charge in [0, 0.05) is 0 Å². The maximum absolute atomic E-state index is 13.2. The van der Waals surface area contributed by atoms with Crippen molar-refractivity contribution >= 4 is 19.7 Å². The molecule has 0 saturated carbocycles. The van der Waals surface area contributed by atoms with Crippen molar-refractivity contribution in [3.63, 3.8) is 0 Å². The van der Waals surface area contributed by atoms with E-state index in [0.717, 1.165) is 49.7 Å². The molecule has 6 heteroatoms. The highest BCUT2D eigenvalue weighted by Crippen LogP contribution is 2.25. The number of unbranched alkanes of at least 4 members (excludes halogenated alkanes) is 2. The zero-order chi connectivity index (χ0) is 22.9. The Labute approximate surface area is 188 Å². The van der Waals surface area contributed by atoms with Crippen molar-refractivity contribution < 1.29 is 16.8 Å². The lowest BCUT2D eigenvalue weighted by Gasteiger charge is -2.12. The number of hydrogen-bond donors (Lipinski definition) is 0. The normalized spacial score (nSPS) is 12.8. The Bertz CT molecular complexity index is 1060. The van der Waals surface area contributed by atoms with E-state index in [2.05, 4.69) is 13.8 Å². The summed E-state index contributed by atoms with van der Waals surface area (Å²) in [6.07, 6.45) is 7.98. The highest BCUT2D eigenvalue weighted by molar-refractivity contribution is 7.98. The van der Waals surface area contributed by atoms with Crippen molar-refractivity contribution in [3.05, 3.63) is 70.6 Å². The monoisotopic (exact) mass is 462 g/mol. The molecule has 0 aliphatic heterocycles. The molecule has 0 fully saturated rings. The summed E-state index contributed by atoms with van der Waals surface area (Å²) in [6, 6.07) is 13.6. The lowest BCUT2D eigenvalue weighted by atomic mass is 10.1. The summed E-state index contributed by atoms with van der Waals surface area (Å²) < 4.78 is 52.4. The number of sulfone groups is 2. The predicted octanol–water partition coefficient (Wildman–Crippen LogP) is 5.91. The number of allylic oxidation sites excluding steroid dienone is 1. The second kappa shape index (κ2) is 11.6. The molecule has 31 heavy (non-hydrogen) atoms. The van der Waals surface area contributed by atoms with E-state index in [4.69, 9.17) is 0 Å². The zero-order valence-corrected chi connectivity index (χ0v) is 20.4. The molecule has 0 unspecified atom stereocenters. The maximum Gasteiger partial charge on any atom is 0.203 e. The van der Waals surface area contributed by atoms with Crippen LogP contribution < -0.4 is 0 Å². The molecule has 0 amide bonds. The zero-order valence-electron chi connectivity index (χ0n) is 18.8. The Balaban J connectivity index is 2.27. The van der Waals surface area contributed by atoms with Crippen LogP contribution in [0.15, 0.2) is 69.3 Å². The van der Waals surface area contributed by atoms with Crippen molar-refractivity contribution in [1.82, 2.24) is 0 Å². The van der Waals surface area contributed by atoms with E-state index in [0.29, 0.717) is 6.42 Å². The molecule has 0 atom stereocenters. The molecule has 0 N–H and O–H groups in total. The third-order valence-electron chi connectivity index (χ3n) is 5.26. The van der Waals surface area contributed by atoms with Crippen LogP contribution >= 0.6 is 0 Å². The summed E-state index contributed by atoms with van der Waals surface area (Å²) in [5.74, 6) is -0.533. The van der Waals surface area contributed by atoms with Crippen LogP contribution in [0.4, 0.5) is 0 Å². The van der Waals surface area contributed by atoms with E-state index in [-0.39, 0.29) is 14.7 Å². The lowest BCUT2D eigenvalue weighted by molar-refractivity contribution is 0.592. The molecule has 0 radical (unpaired) electrons. The first-order valence-electron chi connectivity index (χ1n) is 11.1. The minimum Gasteiger partial charge on any atom is -0.223 e. The molecule has 2 aromatic carbocycles. The molecule has 170 valence electrons. The largest absolute Gasteiger partial charge is 0.223 e. The first kappa shape index (κ1) is 25.3. The van der Waals surface area contributed by atoms with Gasteiger partial charge in [-0.05, 0) is 67.5 Å². The van der Waals surface area contributed by atoms with E-state index in [1.807, 2.05) is 24.3 Å². The molecule has 0 aromatic heterocycles. The van der Waals surface area contributed by atoms with Gasteiger partial charge >= 0.3 is 0 Å². The van der Waals surface area contributed by atoms with Crippen LogP contribution in [0.25, 0.3) is 0 Å². The smallest absolute Gasteiger partial charge is 0.203 e. The van der Waals surface area contributed by atoms with Gasteiger partial charge in [0.25, 0.3) is 0 Å². The fourth-order valence-electron chi connectivity index (χ4n) is 3.36.